The second-order valence-electron chi connectivity index (χ2n) is 5.71. The van der Waals surface area contributed by atoms with Gasteiger partial charge in [0.25, 0.3) is 0 Å². The Kier molecular flexibility index (Phi) is 9.09. The van der Waals surface area contributed by atoms with Crippen molar-refractivity contribution >= 4 is 30.1 Å². The molecule has 0 aliphatic carbocycles. The molecule has 1 fully saturated rings. The van der Waals surface area contributed by atoms with Crippen LogP contribution in [0.3, 0.4) is 0 Å². The molecule has 1 atom stereocenters. The molecule has 0 aromatic carbocycles. The summed E-state index contributed by atoms with van der Waals surface area (Å²) < 4.78 is 0.292. The Balaban J connectivity index is 0.00000289. The first-order valence-electron chi connectivity index (χ1n) is 6.59. The number of hydrogen-bond donors (Lipinski definition) is 2. The topological polar surface area (TPSA) is 41.1 Å². The van der Waals surface area contributed by atoms with Crippen molar-refractivity contribution in [3.05, 3.63) is 0 Å². The summed E-state index contributed by atoms with van der Waals surface area (Å²) in [4.78, 5) is 11.6. The molecule has 0 bridgehead atoms. The molecule has 2 N–H and O–H groups in total. The lowest BCUT2D eigenvalue weighted by Gasteiger charge is -2.17. The zero-order valence-corrected chi connectivity index (χ0v) is 13.4. The van der Waals surface area contributed by atoms with Gasteiger partial charge in [0, 0.05) is 23.5 Å². The van der Waals surface area contributed by atoms with Gasteiger partial charge in [-0.2, -0.15) is 11.8 Å². The fourth-order valence-electron chi connectivity index (χ4n) is 1.93. The highest BCUT2D eigenvalue weighted by Gasteiger charge is 2.15. The monoisotopic (exact) mass is 294 g/mol. The quantitative estimate of drug-likeness (QED) is 0.740. The first-order chi connectivity index (χ1) is 7.97. The zero-order valence-electron chi connectivity index (χ0n) is 11.8. The fourth-order valence-corrected chi connectivity index (χ4v) is 2.75. The minimum atomic E-state index is 0. The van der Waals surface area contributed by atoms with Gasteiger partial charge in [-0.1, -0.05) is 20.8 Å². The lowest BCUT2D eigenvalue weighted by Crippen LogP contribution is -2.27. The third-order valence-electron chi connectivity index (χ3n) is 2.90. The first kappa shape index (κ1) is 18.1. The van der Waals surface area contributed by atoms with Crippen LogP contribution in [-0.4, -0.2) is 36.0 Å². The van der Waals surface area contributed by atoms with E-state index in [9.17, 15) is 4.79 Å². The number of amides is 1. The van der Waals surface area contributed by atoms with E-state index in [1.807, 2.05) is 11.8 Å². The minimum Gasteiger partial charge on any atom is -0.355 e. The smallest absolute Gasteiger partial charge is 0.220 e. The van der Waals surface area contributed by atoms with Gasteiger partial charge in [-0.3, -0.25) is 4.79 Å². The van der Waals surface area contributed by atoms with Crippen molar-refractivity contribution in [2.45, 2.75) is 44.8 Å². The fraction of sp³-hybridized carbons (Fsp3) is 0.923. The maximum atomic E-state index is 11.6. The van der Waals surface area contributed by atoms with E-state index < -0.39 is 0 Å². The van der Waals surface area contributed by atoms with Crippen LogP contribution in [0.1, 0.15) is 40.0 Å². The number of carbonyl (C=O) groups is 1. The van der Waals surface area contributed by atoms with Crippen LogP contribution in [0.4, 0.5) is 0 Å². The van der Waals surface area contributed by atoms with Crippen LogP contribution >= 0.6 is 24.2 Å². The average Bonchev–Trinajstić information content (AvgIpc) is 2.73. The Bertz CT molecular complexity index is 238. The molecule has 0 saturated carbocycles. The number of rotatable bonds is 6. The van der Waals surface area contributed by atoms with Crippen LogP contribution in [0.5, 0.6) is 0 Å². The second kappa shape index (κ2) is 9.05. The van der Waals surface area contributed by atoms with E-state index in [1.54, 1.807) is 0 Å². The van der Waals surface area contributed by atoms with Crippen molar-refractivity contribution in [2.24, 2.45) is 5.92 Å². The first-order valence-corrected chi connectivity index (χ1v) is 7.57. The Labute approximate surface area is 122 Å². The normalized spacial score (nSPS) is 19.4. The number of nitrogens with one attached hydrogen (secondary N) is 2. The van der Waals surface area contributed by atoms with Crippen LogP contribution in [0.2, 0.25) is 0 Å². The summed E-state index contributed by atoms with van der Waals surface area (Å²) in [5, 5.41) is 6.33. The van der Waals surface area contributed by atoms with Gasteiger partial charge in [-0.05, 0) is 31.8 Å². The minimum absolute atomic E-state index is 0. The van der Waals surface area contributed by atoms with Gasteiger partial charge < -0.3 is 10.6 Å². The molecular weight excluding hydrogens is 268 g/mol. The maximum Gasteiger partial charge on any atom is 0.220 e. The molecular formula is C13H27ClN2OS. The van der Waals surface area contributed by atoms with Crippen molar-refractivity contribution in [3.63, 3.8) is 0 Å². The maximum absolute atomic E-state index is 11.6. The van der Waals surface area contributed by atoms with Gasteiger partial charge in [0.2, 0.25) is 5.91 Å². The molecule has 1 rings (SSSR count). The molecule has 1 heterocycles. The van der Waals surface area contributed by atoms with E-state index in [4.69, 9.17) is 0 Å². The summed E-state index contributed by atoms with van der Waals surface area (Å²) in [7, 11) is 0. The van der Waals surface area contributed by atoms with E-state index in [2.05, 4.69) is 31.4 Å². The van der Waals surface area contributed by atoms with Crippen molar-refractivity contribution in [3.8, 4) is 0 Å². The van der Waals surface area contributed by atoms with Crippen LogP contribution in [0, 0.1) is 5.92 Å². The lowest BCUT2D eigenvalue weighted by atomic mass is 10.0. The van der Waals surface area contributed by atoms with Crippen LogP contribution in [0.15, 0.2) is 0 Å². The van der Waals surface area contributed by atoms with Crippen LogP contribution < -0.4 is 10.6 Å². The predicted molar refractivity (Wildman–Crippen MR) is 82.7 cm³/mol. The van der Waals surface area contributed by atoms with Gasteiger partial charge in [0.1, 0.15) is 0 Å². The lowest BCUT2D eigenvalue weighted by molar-refractivity contribution is -0.121. The molecule has 0 radical (unpaired) electrons. The van der Waals surface area contributed by atoms with E-state index in [0.717, 1.165) is 31.8 Å². The zero-order chi connectivity index (χ0) is 12.7. The predicted octanol–water partition coefficient (Wildman–Crippen LogP) is 2.45. The van der Waals surface area contributed by atoms with E-state index in [1.165, 1.54) is 6.42 Å². The summed E-state index contributed by atoms with van der Waals surface area (Å²) in [5.74, 6) is 1.93. The summed E-state index contributed by atoms with van der Waals surface area (Å²) in [6.45, 7) is 9.61. The van der Waals surface area contributed by atoms with E-state index in [-0.39, 0.29) is 18.3 Å². The number of hydrogen-bond acceptors (Lipinski definition) is 3. The van der Waals surface area contributed by atoms with Gasteiger partial charge in [0.05, 0.1) is 0 Å². The molecule has 1 saturated heterocycles. The van der Waals surface area contributed by atoms with Crippen molar-refractivity contribution < 1.29 is 4.79 Å². The van der Waals surface area contributed by atoms with Crippen molar-refractivity contribution in [1.82, 2.24) is 10.6 Å². The van der Waals surface area contributed by atoms with Gasteiger partial charge >= 0.3 is 0 Å². The Morgan fingerprint density at radius 2 is 2.17 bits per heavy atom. The van der Waals surface area contributed by atoms with Crippen LogP contribution in [-0.2, 0) is 4.79 Å². The third-order valence-corrected chi connectivity index (χ3v) is 4.18. The van der Waals surface area contributed by atoms with Gasteiger partial charge in [-0.25, -0.2) is 0 Å². The molecule has 1 unspecified atom stereocenters. The van der Waals surface area contributed by atoms with Crippen molar-refractivity contribution in [1.29, 1.82) is 0 Å². The van der Waals surface area contributed by atoms with Gasteiger partial charge in [-0.15, -0.1) is 12.4 Å². The highest BCUT2D eigenvalue weighted by atomic mass is 35.5. The Hall–Kier alpha value is 0.0700. The molecule has 1 aliphatic rings. The standard InChI is InChI=1S/C13H26N2OS.ClH/c1-13(2,3)17-9-8-15-12(16)5-4-11-6-7-14-10-11;/h11,14H,4-10H2,1-3H3,(H,15,16);1H. The molecule has 5 heteroatoms. The van der Waals surface area contributed by atoms with Crippen LogP contribution in [0.25, 0.3) is 0 Å². The Morgan fingerprint density at radius 1 is 1.44 bits per heavy atom. The molecule has 3 nitrogen and oxygen atoms in total. The largest absolute Gasteiger partial charge is 0.355 e. The molecule has 108 valence electrons. The van der Waals surface area contributed by atoms with E-state index >= 15 is 0 Å². The highest BCUT2D eigenvalue weighted by molar-refractivity contribution is 8.00. The Morgan fingerprint density at radius 3 is 2.72 bits per heavy atom. The molecule has 1 amide bonds. The summed E-state index contributed by atoms with van der Waals surface area (Å²) in [6.07, 6.45) is 2.95. The highest BCUT2D eigenvalue weighted by Crippen LogP contribution is 2.22. The molecule has 0 spiro atoms. The third kappa shape index (κ3) is 9.06. The van der Waals surface area contributed by atoms with Gasteiger partial charge in [0.15, 0.2) is 0 Å². The number of carbonyl (C=O) groups excluding carboxylic acids is 1. The number of halogens is 1. The SMILES string of the molecule is CC(C)(C)SCCNC(=O)CCC1CCNC1.Cl. The van der Waals surface area contributed by atoms with E-state index in [0.29, 0.717) is 17.1 Å². The molecule has 1 aliphatic heterocycles. The van der Waals surface area contributed by atoms with Crippen molar-refractivity contribution in [2.75, 3.05) is 25.4 Å². The molecule has 18 heavy (non-hydrogen) atoms. The second-order valence-corrected chi connectivity index (χ2v) is 7.63. The average molecular weight is 295 g/mol. The summed E-state index contributed by atoms with van der Waals surface area (Å²) in [6, 6.07) is 0. The summed E-state index contributed by atoms with van der Waals surface area (Å²) >= 11 is 1.89. The number of thioether (sulfide) groups is 1. The molecule has 0 aromatic heterocycles. The molecule has 0 aromatic rings. The summed E-state index contributed by atoms with van der Waals surface area (Å²) in [5.41, 5.74) is 0.